The number of hydrogen-bond acceptors (Lipinski definition) is 3. The van der Waals surface area contributed by atoms with E-state index >= 15 is 0 Å². The molecule has 1 rings (SSSR count). The van der Waals surface area contributed by atoms with Crippen molar-refractivity contribution in [3.05, 3.63) is 28.8 Å². The van der Waals surface area contributed by atoms with E-state index < -0.39 is 6.10 Å². The second kappa shape index (κ2) is 7.24. The van der Waals surface area contributed by atoms with Crippen LogP contribution in [0.2, 0.25) is 5.02 Å². The largest absolute Gasteiger partial charge is 0.479 e. The van der Waals surface area contributed by atoms with Crippen LogP contribution in [-0.4, -0.2) is 25.1 Å². The van der Waals surface area contributed by atoms with Crippen molar-refractivity contribution in [3.63, 3.8) is 0 Å². The summed E-state index contributed by atoms with van der Waals surface area (Å²) in [6, 6.07) is 5.48. The van der Waals surface area contributed by atoms with Crippen LogP contribution in [0, 0.1) is 0 Å². The van der Waals surface area contributed by atoms with Crippen molar-refractivity contribution in [2.45, 2.75) is 26.4 Å². The fourth-order valence-corrected chi connectivity index (χ4v) is 1.77. The molecule has 3 N–H and O–H groups in total. The van der Waals surface area contributed by atoms with Crippen molar-refractivity contribution in [2.24, 2.45) is 5.73 Å². The SMILES string of the molecule is CCNC(=O)C(C)Oc1ccc(CCN)cc1Cl. The van der Waals surface area contributed by atoms with E-state index in [1.54, 1.807) is 13.0 Å². The highest BCUT2D eigenvalue weighted by Gasteiger charge is 2.15. The molecule has 1 amide bonds. The molecule has 4 nitrogen and oxygen atoms in total. The van der Waals surface area contributed by atoms with Crippen LogP contribution in [0.1, 0.15) is 19.4 Å². The Hall–Kier alpha value is -1.26. The summed E-state index contributed by atoms with van der Waals surface area (Å²) in [6.45, 7) is 4.70. The van der Waals surface area contributed by atoms with Gasteiger partial charge >= 0.3 is 0 Å². The first kappa shape index (κ1) is 14.8. The molecule has 100 valence electrons. The molecule has 1 atom stereocenters. The van der Waals surface area contributed by atoms with E-state index in [0.717, 1.165) is 12.0 Å². The van der Waals surface area contributed by atoms with E-state index in [0.29, 0.717) is 23.9 Å². The molecule has 1 aromatic carbocycles. The van der Waals surface area contributed by atoms with E-state index in [1.807, 2.05) is 19.1 Å². The Balaban J connectivity index is 2.70. The monoisotopic (exact) mass is 270 g/mol. The Labute approximate surface area is 112 Å². The van der Waals surface area contributed by atoms with Crippen LogP contribution in [0.4, 0.5) is 0 Å². The summed E-state index contributed by atoms with van der Waals surface area (Å²) in [7, 11) is 0. The molecular formula is C13H19ClN2O2. The van der Waals surface area contributed by atoms with E-state index in [1.165, 1.54) is 0 Å². The minimum Gasteiger partial charge on any atom is -0.479 e. The van der Waals surface area contributed by atoms with Gasteiger partial charge in [0.1, 0.15) is 5.75 Å². The van der Waals surface area contributed by atoms with Gasteiger partial charge in [-0.25, -0.2) is 0 Å². The van der Waals surface area contributed by atoms with Gasteiger partial charge in [0.25, 0.3) is 5.91 Å². The Morgan fingerprint density at radius 2 is 2.28 bits per heavy atom. The summed E-state index contributed by atoms with van der Waals surface area (Å²) in [5.74, 6) is 0.357. The van der Waals surface area contributed by atoms with Crippen LogP contribution in [0.3, 0.4) is 0 Å². The summed E-state index contributed by atoms with van der Waals surface area (Å²) in [6.07, 6.45) is 0.203. The second-order valence-corrected chi connectivity index (χ2v) is 4.37. The summed E-state index contributed by atoms with van der Waals surface area (Å²) < 4.78 is 5.52. The Morgan fingerprint density at radius 3 is 2.83 bits per heavy atom. The molecule has 0 heterocycles. The van der Waals surface area contributed by atoms with Crippen molar-refractivity contribution in [1.82, 2.24) is 5.32 Å². The van der Waals surface area contributed by atoms with E-state index in [4.69, 9.17) is 22.1 Å². The highest BCUT2D eigenvalue weighted by molar-refractivity contribution is 6.32. The van der Waals surface area contributed by atoms with Crippen LogP contribution < -0.4 is 15.8 Å². The van der Waals surface area contributed by atoms with Crippen molar-refractivity contribution < 1.29 is 9.53 Å². The van der Waals surface area contributed by atoms with Crippen LogP contribution in [0.5, 0.6) is 5.75 Å². The number of likely N-dealkylation sites (N-methyl/N-ethyl adjacent to an activating group) is 1. The topological polar surface area (TPSA) is 64.3 Å². The lowest BCUT2D eigenvalue weighted by molar-refractivity contribution is -0.127. The third-order valence-corrected chi connectivity index (χ3v) is 2.75. The van der Waals surface area contributed by atoms with Gasteiger partial charge in [-0.2, -0.15) is 0 Å². The number of benzene rings is 1. The number of hydrogen-bond donors (Lipinski definition) is 2. The molecule has 0 saturated heterocycles. The first-order valence-electron chi connectivity index (χ1n) is 6.01. The van der Waals surface area contributed by atoms with Gasteiger partial charge in [0, 0.05) is 6.54 Å². The van der Waals surface area contributed by atoms with Gasteiger partial charge in [0.2, 0.25) is 0 Å². The van der Waals surface area contributed by atoms with Crippen molar-refractivity contribution in [2.75, 3.05) is 13.1 Å². The average Bonchev–Trinajstić information content (AvgIpc) is 2.33. The van der Waals surface area contributed by atoms with E-state index in [9.17, 15) is 4.79 Å². The lowest BCUT2D eigenvalue weighted by Gasteiger charge is -2.15. The van der Waals surface area contributed by atoms with Crippen molar-refractivity contribution in [3.8, 4) is 5.75 Å². The molecule has 0 saturated carbocycles. The van der Waals surface area contributed by atoms with E-state index in [2.05, 4.69) is 5.32 Å². The van der Waals surface area contributed by atoms with Crippen LogP contribution in [0.15, 0.2) is 18.2 Å². The maximum Gasteiger partial charge on any atom is 0.260 e. The number of carbonyl (C=O) groups excluding carboxylic acids is 1. The highest BCUT2D eigenvalue weighted by atomic mass is 35.5. The molecule has 0 radical (unpaired) electrons. The maximum atomic E-state index is 11.5. The second-order valence-electron chi connectivity index (χ2n) is 3.96. The predicted octanol–water partition coefficient (Wildman–Crippen LogP) is 1.74. The zero-order chi connectivity index (χ0) is 13.5. The van der Waals surface area contributed by atoms with Gasteiger partial charge in [-0.05, 0) is 44.5 Å². The maximum absolute atomic E-state index is 11.5. The molecule has 18 heavy (non-hydrogen) atoms. The fourth-order valence-electron chi connectivity index (χ4n) is 1.52. The Morgan fingerprint density at radius 1 is 1.56 bits per heavy atom. The molecule has 0 spiro atoms. The average molecular weight is 271 g/mol. The summed E-state index contributed by atoms with van der Waals surface area (Å²) >= 11 is 6.09. The number of nitrogens with one attached hydrogen (secondary N) is 1. The first-order valence-corrected chi connectivity index (χ1v) is 6.39. The molecule has 0 aliphatic rings. The van der Waals surface area contributed by atoms with E-state index in [-0.39, 0.29) is 5.91 Å². The number of amides is 1. The number of rotatable bonds is 6. The predicted molar refractivity (Wildman–Crippen MR) is 73.0 cm³/mol. The zero-order valence-corrected chi connectivity index (χ0v) is 11.5. The smallest absolute Gasteiger partial charge is 0.260 e. The minimum atomic E-state index is -0.567. The van der Waals surface area contributed by atoms with Crippen molar-refractivity contribution in [1.29, 1.82) is 0 Å². The van der Waals surface area contributed by atoms with Crippen LogP contribution in [0.25, 0.3) is 0 Å². The van der Waals surface area contributed by atoms with Gasteiger partial charge in [-0.1, -0.05) is 17.7 Å². The summed E-state index contributed by atoms with van der Waals surface area (Å²) in [5, 5.41) is 3.19. The van der Waals surface area contributed by atoms with Crippen LogP contribution >= 0.6 is 11.6 Å². The van der Waals surface area contributed by atoms with Gasteiger partial charge in [0.05, 0.1) is 5.02 Å². The molecule has 0 aliphatic carbocycles. The number of nitrogens with two attached hydrogens (primary N) is 1. The lowest BCUT2D eigenvalue weighted by atomic mass is 10.1. The Kier molecular flexibility index (Phi) is 5.95. The van der Waals surface area contributed by atoms with Gasteiger partial charge in [0.15, 0.2) is 6.10 Å². The molecule has 1 unspecified atom stereocenters. The van der Waals surface area contributed by atoms with Crippen LogP contribution in [-0.2, 0) is 11.2 Å². The highest BCUT2D eigenvalue weighted by Crippen LogP contribution is 2.26. The molecule has 1 aromatic rings. The number of ether oxygens (including phenoxy) is 1. The molecule has 0 aliphatic heterocycles. The quantitative estimate of drug-likeness (QED) is 0.828. The first-order chi connectivity index (χ1) is 8.58. The standard InChI is InChI=1S/C13H19ClN2O2/c1-3-16-13(17)9(2)18-12-5-4-10(6-7-15)8-11(12)14/h4-5,8-9H,3,6-7,15H2,1-2H3,(H,16,17). The van der Waals surface area contributed by atoms with Gasteiger partial charge in [-0.3, -0.25) is 4.79 Å². The van der Waals surface area contributed by atoms with Gasteiger partial charge < -0.3 is 15.8 Å². The number of halogens is 1. The van der Waals surface area contributed by atoms with Crippen molar-refractivity contribution >= 4 is 17.5 Å². The third-order valence-electron chi connectivity index (χ3n) is 2.45. The molecular weight excluding hydrogens is 252 g/mol. The molecule has 0 fully saturated rings. The molecule has 5 heteroatoms. The van der Waals surface area contributed by atoms with Gasteiger partial charge in [-0.15, -0.1) is 0 Å². The Bertz CT molecular complexity index is 410. The summed E-state index contributed by atoms with van der Waals surface area (Å²) in [5.41, 5.74) is 6.53. The third kappa shape index (κ3) is 4.20. The summed E-state index contributed by atoms with van der Waals surface area (Å²) in [4.78, 5) is 11.5. The fraction of sp³-hybridized carbons (Fsp3) is 0.462. The molecule has 0 aromatic heterocycles. The lowest BCUT2D eigenvalue weighted by Crippen LogP contribution is -2.36. The zero-order valence-electron chi connectivity index (χ0n) is 10.7. The number of carbonyl (C=O) groups is 1. The minimum absolute atomic E-state index is 0.153. The normalized spacial score (nSPS) is 12.0. The molecule has 0 bridgehead atoms.